The van der Waals surface area contributed by atoms with E-state index in [-0.39, 0.29) is 0 Å². The Morgan fingerprint density at radius 3 is 2.91 bits per heavy atom. The summed E-state index contributed by atoms with van der Waals surface area (Å²) in [5.41, 5.74) is 1.52. The highest BCUT2D eigenvalue weighted by Gasteiger charge is 2.04. The molecule has 3 heteroatoms. The second-order valence-corrected chi connectivity index (χ2v) is 2.55. The van der Waals surface area contributed by atoms with Gasteiger partial charge in [0.25, 0.3) is 0 Å². The zero-order chi connectivity index (χ0) is 8.27. The van der Waals surface area contributed by atoms with E-state index in [1.54, 1.807) is 0 Å². The third kappa shape index (κ3) is 1.67. The van der Waals surface area contributed by atoms with Gasteiger partial charge in [-0.05, 0) is 13.3 Å². The molecule has 0 unspecified atom stereocenters. The molecule has 1 heterocycles. The van der Waals surface area contributed by atoms with Crippen LogP contribution in [-0.2, 0) is 6.42 Å². The van der Waals surface area contributed by atoms with Crippen molar-refractivity contribution in [1.29, 1.82) is 0 Å². The molecule has 0 aliphatic rings. The maximum atomic E-state index is 10.4. The van der Waals surface area contributed by atoms with Crippen molar-refractivity contribution in [2.75, 3.05) is 0 Å². The molecule has 1 rings (SSSR count). The van der Waals surface area contributed by atoms with Crippen molar-refractivity contribution in [1.82, 2.24) is 9.97 Å². The minimum Gasteiger partial charge on any atom is -0.345 e. The Hall–Kier alpha value is -1.12. The summed E-state index contributed by atoms with van der Waals surface area (Å²) in [6, 6.07) is 0. The van der Waals surface area contributed by atoms with Crippen LogP contribution in [0.4, 0.5) is 0 Å². The van der Waals surface area contributed by atoms with Gasteiger partial charge in [0.15, 0.2) is 6.29 Å². The predicted octanol–water partition coefficient (Wildman–Crippen LogP) is 1.48. The number of rotatable bonds is 3. The molecule has 0 aliphatic heterocycles. The number of aldehydes is 1. The SMILES string of the molecule is CCCc1[nH]c(C)nc1C=O. The number of aromatic amines is 1. The maximum Gasteiger partial charge on any atom is 0.170 e. The monoisotopic (exact) mass is 152 g/mol. The lowest BCUT2D eigenvalue weighted by Crippen LogP contribution is -1.89. The van der Waals surface area contributed by atoms with Gasteiger partial charge in [-0.1, -0.05) is 13.3 Å². The first-order valence-electron chi connectivity index (χ1n) is 3.78. The van der Waals surface area contributed by atoms with Gasteiger partial charge < -0.3 is 4.98 Å². The Balaban J connectivity index is 2.92. The summed E-state index contributed by atoms with van der Waals surface area (Å²) in [5.74, 6) is 0.815. The second-order valence-electron chi connectivity index (χ2n) is 2.55. The molecule has 0 bridgehead atoms. The lowest BCUT2D eigenvalue weighted by atomic mass is 10.2. The van der Waals surface area contributed by atoms with E-state index in [9.17, 15) is 4.79 Å². The third-order valence-electron chi connectivity index (χ3n) is 1.54. The van der Waals surface area contributed by atoms with Crippen LogP contribution in [-0.4, -0.2) is 16.3 Å². The third-order valence-corrected chi connectivity index (χ3v) is 1.54. The van der Waals surface area contributed by atoms with Crippen LogP contribution in [0.1, 0.15) is 35.4 Å². The lowest BCUT2D eigenvalue weighted by molar-refractivity contribution is 0.111. The highest BCUT2D eigenvalue weighted by Crippen LogP contribution is 2.05. The molecule has 0 amide bonds. The van der Waals surface area contributed by atoms with Gasteiger partial charge in [0.1, 0.15) is 11.5 Å². The molecule has 1 aromatic heterocycles. The Bertz CT molecular complexity index is 253. The van der Waals surface area contributed by atoms with Gasteiger partial charge in [0.2, 0.25) is 0 Å². The largest absolute Gasteiger partial charge is 0.345 e. The fraction of sp³-hybridized carbons (Fsp3) is 0.500. The van der Waals surface area contributed by atoms with Crippen molar-refractivity contribution >= 4 is 6.29 Å². The summed E-state index contributed by atoms with van der Waals surface area (Å²) < 4.78 is 0. The molecule has 0 saturated heterocycles. The molecule has 11 heavy (non-hydrogen) atoms. The molecule has 0 atom stereocenters. The average molecular weight is 152 g/mol. The van der Waals surface area contributed by atoms with Crippen LogP contribution in [0.25, 0.3) is 0 Å². The van der Waals surface area contributed by atoms with Gasteiger partial charge in [-0.15, -0.1) is 0 Å². The first-order valence-corrected chi connectivity index (χ1v) is 3.78. The first kappa shape index (κ1) is 7.98. The molecule has 3 nitrogen and oxygen atoms in total. The van der Waals surface area contributed by atoms with Crippen LogP contribution < -0.4 is 0 Å². The minimum absolute atomic E-state index is 0.560. The van der Waals surface area contributed by atoms with E-state index >= 15 is 0 Å². The Morgan fingerprint density at radius 1 is 1.64 bits per heavy atom. The summed E-state index contributed by atoms with van der Waals surface area (Å²) in [6.07, 6.45) is 2.73. The van der Waals surface area contributed by atoms with Crippen LogP contribution >= 0.6 is 0 Å². The molecule has 1 N–H and O–H groups in total. The molecule has 60 valence electrons. The zero-order valence-electron chi connectivity index (χ0n) is 6.85. The van der Waals surface area contributed by atoms with Gasteiger partial charge in [0, 0.05) is 5.69 Å². The number of carbonyl (C=O) groups is 1. The van der Waals surface area contributed by atoms with Gasteiger partial charge >= 0.3 is 0 Å². The van der Waals surface area contributed by atoms with E-state index in [2.05, 4.69) is 16.9 Å². The predicted molar refractivity (Wildman–Crippen MR) is 42.7 cm³/mol. The number of hydrogen-bond acceptors (Lipinski definition) is 2. The van der Waals surface area contributed by atoms with Crippen LogP contribution in [0.15, 0.2) is 0 Å². The summed E-state index contributed by atoms with van der Waals surface area (Å²) in [6.45, 7) is 3.93. The number of imidazole rings is 1. The highest BCUT2D eigenvalue weighted by molar-refractivity contribution is 5.73. The summed E-state index contributed by atoms with van der Waals surface area (Å²) >= 11 is 0. The number of nitrogens with zero attached hydrogens (tertiary/aromatic N) is 1. The van der Waals surface area contributed by atoms with Crippen LogP contribution in [0.5, 0.6) is 0 Å². The fourth-order valence-electron chi connectivity index (χ4n) is 1.10. The molecule has 0 aromatic carbocycles. The van der Waals surface area contributed by atoms with Crippen molar-refractivity contribution in [2.24, 2.45) is 0 Å². The average Bonchev–Trinajstić information content (AvgIpc) is 2.32. The first-order chi connectivity index (χ1) is 5.27. The van der Waals surface area contributed by atoms with Crippen molar-refractivity contribution in [3.8, 4) is 0 Å². The minimum atomic E-state index is 0.560. The number of H-pyrrole nitrogens is 1. The van der Waals surface area contributed by atoms with E-state index in [1.807, 2.05) is 6.92 Å². The second kappa shape index (κ2) is 3.32. The number of aromatic nitrogens is 2. The number of carbonyl (C=O) groups excluding carboxylic acids is 1. The quantitative estimate of drug-likeness (QED) is 0.667. The molecule has 1 aromatic rings. The summed E-state index contributed by atoms with van der Waals surface area (Å²) in [4.78, 5) is 17.5. The van der Waals surface area contributed by atoms with Gasteiger partial charge in [-0.3, -0.25) is 4.79 Å². The van der Waals surface area contributed by atoms with Crippen molar-refractivity contribution in [3.63, 3.8) is 0 Å². The molecule has 0 fully saturated rings. The highest BCUT2D eigenvalue weighted by atomic mass is 16.1. The molecular formula is C8H12N2O. The summed E-state index contributed by atoms with van der Waals surface area (Å²) in [7, 11) is 0. The number of nitrogens with one attached hydrogen (secondary N) is 1. The van der Waals surface area contributed by atoms with Crippen LogP contribution in [0.2, 0.25) is 0 Å². The molecular weight excluding hydrogens is 140 g/mol. The van der Waals surface area contributed by atoms with Gasteiger partial charge in [0.05, 0.1) is 0 Å². The van der Waals surface area contributed by atoms with E-state index in [1.165, 1.54) is 0 Å². The molecule has 0 saturated carbocycles. The lowest BCUT2D eigenvalue weighted by Gasteiger charge is -1.91. The van der Waals surface area contributed by atoms with Gasteiger partial charge in [-0.25, -0.2) is 4.98 Å². The van der Waals surface area contributed by atoms with Crippen molar-refractivity contribution < 1.29 is 4.79 Å². The van der Waals surface area contributed by atoms with Crippen LogP contribution in [0.3, 0.4) is 0 Å². The van der Waals surface area contributed by atoms with Crippen molar-refractivity contribution in [3.05, 3.63) is 17.2 Å². The van der Waals surface area contributed by atoms with E-state index in [0.717, 1.165) is 30.6 Å². The zero-order valence-corrected chi connectivity index (χ0v) is 6.85. The Kier molecular flexibility index (Phi) is 2.41. The van der Waals surface area contributed by atoms with Crippen molar-refractivity contribution in [2.45, 2.75) is 26.7 Å². The number of hydrogen-bond donors (Lipinski definition) is 1. The normalized spacial score (nSPS) is 10.0. The van der Waals surface area contributed by atoms with E-state index in [0.29, 0.717) is 5.69 Å². The standard InChI is InChI=1S/C8H12N2O/c1-3-4-7-8(5-11)10-6(2)9-7/h5H,3-4H2,1-2H3,(H,9,10). The number of aryl methyl sites for hydroxylation is 2. The molecule has 0 aliphatic carbocycles. The Labute approximate surface area is 65.8 Å². The van der Waals surface area contributed by atoms with E-state index < -0.39 is 0 Å². The molecule has 0 spiro atoms. The smallest absolute Gasteiger partial charge is 0.170 e. The van der Waals surface area contributed by atoms with Crippen LogP contribution in [0, 0.1) is 6.92 Å². The Morgan fingerprint density at radius 2 is 2.36 bits per heavy atom. The topological polar surface area (TPSA) is 45.8 Å². The fourth-order valence-corrected chi connectivity index (χ4v) is 1.10. The maximum absolute atomic E-state index is 10.4. The van der Waals surface area contributed by atoms with E-state index in [4.69, 9.17) is 0 Å². The summed E-state index contributed by atoms with van der Waals surface area (Å²) in [5, 5.41) is 0. The molecule has 0 radical (unpaired) electrons. The van der Waals surface area contributed by atoms with Gasteiger partial charge in [-0.2, -0.15) is 0 Å².